The number of hydrogen-bond donors (Lipinski definition) is 2. The monoisotopic (exact) mass is 112 g/mol. The molecule has 0 spiro atoms. The van der Waals surface area contributed by atoms with Crippen LogP contribution in [0.5, 0.6) is 0 Å². The van der Waals surface area contributed by atoms with Crippen molar-refractivity contribution in [2.24, 2.45) is 5.73 Å². The highest BCUT2D eigenvalue weighted by molar-refractivity contribution is 4.95. The Kier molecular flexibility index (Phi) is 1.26. The van der Waals surface area contributed by atoms with Crippen molar-refractivity contribution in [1.82, 2.24) is 15.4 Å². The summed E-state index contributed by atoms with van der Waals surface area (Å²) in [5.74, 6) is 0. The van der Waals surface area contributed by atoms with Gasteiger partial charge in [-0.3, -0.25) is 0 Å². The third-order valence-corrected chi connectivity index (χ3v) is 0.900. The second-order valence-corrected chi connectivity index (χ2v) is 1.68. The molecule has 0 saturated carbocycles. The van der Waals surface area contributed by atoms with E-state index in [0.717, 1.165) is 5.69 Å². The Hall–Kier alpha value is -0.900. The minimum atomic E-state index is -0.0197. The van der Waals surface area contributed by atoms with Gasteiger partial charge in [-0.05, 0) is 6.92 Å². The average Bonchev–Trinajstić information content (AvgIpc) is 2.12. The quantitative estimate of drug-likeness (QED) is 0.529. The molecule has 0 aromatic carbocycles. The van der Waals surface area contributed by atoms with E-state index in [1.54, 1.807) is 6.20 Å². The Labute approximate surface area is 47.1 Å². The van der Waals surface area contributed by atoms with Gasteiger partial charge in [0.25, 0.3) is 0 Å². The van der Waals surface area contributed by atoms with Gasteiger partial charge in [0.15, 0.2) is 0 Å². The lowest BCUT2D eigenvalue weighted by molar-refractivity contribution is 0.769. The molecule has 44 valence electrons. The molecule has 1 aromatic heterocycles. The van der Waals surface area contributed by atoms with Crippen LogP contribution in [-0.4, -0.2) is 15.4 Å². The SMILES string of the molecule is C[C@H](N)c1cn[nH]n1. The average molecular weight is 112 g/mol. The molecule has 4 nitrogen and oxygen atoms in total. The van der Waals surface area contributed by atoms with E-state index >= 15 is 0 Å². The molecule has 1 rings (SSSR count). The molecule has 0 unspecified atom stereocenters. The molecule has 3 N–H and O–H groups in total. The van der Waals surface area contributed by atoms with Gasteiger partial charge < -0.3 is 5.73 Å². The summed E-state index contributed by atoms with van der Waals surface area (Å²) in [6, 6.07) is -0.0197. The minimum Gasteiger partial charge on any atom is -0.323 e. The highest BCUT2D eigenvalue weighted by atomic mass is 15.3. The maximum absolute atomic E-state index is 5.44. The number of H-pyrrole nitrogens is 1. The van der Waals surface area contributed by atoms with Gasteiger partial charge in [0.1, 0.15) is 0 Å². The smallest absolute Gasteiger partial charge is 0.0988 e. The van der Waals surface area contributed by atoms with Crippen LogP contribution < -0.4 is 5.73 Å². The van der Waals surface area contributed by atoms with Gasteiger partial charge in [0, 0.05) is 6.04 Å². The minimum absolute atomic E-state index is 0.0197. The van der Waals surface area contributed by atoms with Crippen LogP contribution in [0.2, 0.25) is 0 Å². The van der Waals surface area contributed by atoms with Crippen LogP contribution in [0.1, 0.15) is 18.7 Å². The Morgan fingerprint density at radius 3 is 2.88 bits per heavy atom. The summed E-state index contributed by atoms with van der Waals surface area (Å²) in [6.07, 6.45) is 1.62. The van der Waals surface area contributed by atoms with E-state index in [9.17, 15) is 0 Å². The molecule has 0 radical (unpaired) electrons. The van der Waals surface area contributed by atoms with Crippen molar-refractivity contribution in [3.8, 4) is 0 Å². The van der Waals surface area contributed by atoms with E-state index < -0.39 is 0 Å². The number of nitrogens with zero attached hydrogens (tertiary/aromatic N) is 2. The van der Waals surface area contributed by atoms with E-state index in [1.165, 1.54) is 0 Å². The fraction of sp³-hybridized carbons (Fsp3) is 0.500. The van der Waals surface area contributed by atoms with Gasteiger partial charge in [-0.2, -0.15) is 15.4 Å². The second kappa shape index (κ2) is 1.92. The molecule has 4 heteroatoms. The molecular formula is C4H8N4. The first kappa shape index (κ1) is 5.24. The molecule has 0 saturated heterocycles. The fourth-order valence-electron chi connectivity index (χ4n) is 0.430. The van der Waals surface area contributed by atoms with E-state index in [4.69, 9.17) is 5.73 Å². The van der Waals surface area contributed by atoms with Crippen LogP contribution in [0.3, 0.4) is 0 Å². The molecular weight excluding hydrogens is 104 g/mol. The van der Waals surface area contributed by atoms with Crippen molar-refractivity contribution < 1.29 is 0 Å². The third kappa shape index (κ3) is 0.840. The Bertz CT molecular complexity index is 143. The second-order valence-electron chi connectivity index (χ2n) is 1.68. The molecule has 1 aromatic rings. The van der Waals surface area contributed by atoms with E-state index in [1.807, 2.05) is 6.92 Å². The van der Waals surface area contributed by atoms with E-state index in [0.29, 0.717) is 0 Å². The van der Waals surface area contributed by atoms with Crippen molar-refractivity contribution in [3.63, 3.8) is 0 Å². The molecule has 0 aliphatic carbocycles. The zero-order valence-corrected chi connectivity index (χ0v) is 4.63. The zero-order chi connectivity index (χ0) is 5.98. The lowest BCUT2D eigenvalue weighted by Gasteiger charge is -1.93. The molecule has 0 bridgehead atoms. The van der Waals surface area contributed by atoms with Gasteiger partial charge in [-0.25, -0.2) is 0 Å². The van der Waals surface area contributed by atoms with Crippen LogP contribution >= 0.6 is 0 Å². The highest BCUT2D eigenvalue weighted by Gasteiger charge is 1.98. The number of hydrogen-bond acceptors (Lipinski definition) is 3. The van der Waals surface area contributed by atoms with Gasteiger partial charge in [-0.1, -0.05) is 0 Å². The summed E-state index contributed by atoms with van der Waals surface area (Å²) in [5.41, 5.74) is 6.23. The van der Waals surface area contributed by atoms with Crippen LogP contribution in [0.25, 0.3) is 0 Å². The van der Waals surface area contributed by atoms with Crippen molar-refractivity contribution in [3.05, 3.63) is 11.9 Å². The first-order chi connectivity index (χ1) is 3.80. The third-order valence-electron chi connectivity index (χ3n) is 0.900. The summed E-state index contributed by atoms with van der Waals surface area (Å²) in [7, 11) is 0. The molecule has 0 amide bonds. The highest BCUT2D eigenvalue weighted by Crippen LogP contribution is 1.99. The fourth-order valence-corrected chi connectivity index (χ4v) is 0.430. The molecule has 0 fully saturated rings. The first-order valence-electron chi connectivity index (χ1n) is 2.42. The van der Waals surface area contributed by atoms with Crippen LogP contribution in [-0.2, 0) is 0 Å². The molecule has 1 heterocycles. The van der Waals surface area contributed by atoms with Crippen molar-refractivity contribution in [2.45, 2.75) is 13.0 Å². The lowest BCUT2D eigenvalue weighted by atomic mass is 10.3. The Balaban J connectivity index is 2.77. The van der Waals surface area contributed by atoms with Gasteiger partial charge in [0.05, 0.1) is 11.9 Å². The van der Waals surface area contributed by atoms with Crippen molar-refractivity contribution >= 4 is 0 Å². The van der Waals surface area contributed by atoms with Crippen LogP contribution in [0, 0.1) is 0 Å². The number of rotatable bonds is 1. The summed E-state index contributed by atoms with van der Waals surface area (Å²) < 4.78 is 0. The van der Waals surface area contributed by atoms with Crippen LogP contribution in [0.4, 0.5) is 0 Å². The predicted molar refractivity (Wildman–Crippen MR) is 29.0 cm³/mol. The summed E-state index contributed by atoms with van der Waals surface area (Å²) in [5, 5.41) is 9.81. The lowest BCUT2D eigenvalue weighted by Crippen LogP contribution is -2.04. The molecule has 1 atom stereocenters. The molecule has 0 aliphatic heterocycles. The largest absolute Gasteiger partial charge is 0.323 e. The molecule has 0 aliphatic rings. The Morgan fingerprint density at radius 2 is 2.62 bits per heavy atom. The predicted octanol–water partition coefficient (Wildman–Crippen LogP) is -0.176. The first-order valence-corrected chi connectivity index (χ1v) is 2.42. The molecule has 8 heavy (non-hydrogen) atoms. The number of nitrogens with two attached hydrogens (primary N) is 1. The normalized spacial score (nSPS) is 13.8. The van der Waals surface area contributed by atoms with E-state index in [2.05, 4.69) is 15.4 Å². The van der Waals surface area contributed by atoms with Crippen LogP contribution in [0.15, 0.2) is 6.20 Å². The summed E-state index contributed by atoms with van der Waals surface area (Å²) in [6.45, 7) is 1.86. The van der Waals surface area contributed by atoms with Gasteiger partial charge in [0.2, 0.25) is 0 Å². The standard InChI is InChI=1S/C4H8N4/c1-3(5)4-2-6-8-7-4/h2-3H,5H2,1H3,(H,6,7,8)/t3-/m0/s1. The van der Waals surface area contributed by atoms with Crippen molar-refractivity contribution in [2.75, 3.05) is 0 Å². The number of aromatic amines is 1. The summed E-state index contributed by atoms with van der Waals surface area (Å²) in [4.78, 5) is 0. The van der Waals surface area contributed by atoms with Gasteiger partial charge in [-0.15, -0.1) is 0 Å². The van der Waals surface area contributed by atoms with Crippen molar-refractivity contribution in [1.29, 1.82) is 0 Å². The maximum Gasteiger partial charge on any atom is 0.0988 e. The maximum atomic E-state index is 5.44. The van der Waals surface area contributed by atoms with E-state index in [-0.39, 0.29) is 6.04 Å². The topological polar surface area (TPSA) is 67.6 Å². The number of nitrogens with one attached hydrogen (secondary N) is 1. The zero-order valence-electron chi connectivity index (χ0n) is 4.63. The van der Waals surface area contributed by atoms with Gasteiger partial charge >= 0.3 is 0 Å². The Morgan fingerprint density at radius 1 is 1.88 bits per heavy atom. The summed E-state index contributed by atoms with van der Waals surface area (Å²) >= 11 is 0. The number of aromatic nitrogens is 3.